The van der Waals surface area contributed by atoms with Gasteiger partial charge in [-0.05, 0) is 38.0 Å². The van der Waals surface area contributed by atoms with E-state index >= 15 is 0 Å². The van der Waals surface area contributed by atoms with Crippen molar-refractivity contribution in [3.05, 3.63) is 47.3 Å². The zero-order chi connectivity index (χ0) is 16.4. The highest BCUT2D eigenvalue weighted by Gasteiger charge is 2.28. The number of rotatable bonds is 3. The molecular formula is C16H18N4O2S. The van der Waals surface area contributed by atoms with Gasteiger partial charge in [0.05, 0.1) is 10.9 Å². The number of nitrogens with one attached hydrogen (secondary N) is 2. The van der Waals surface area contributed by atoms with Crippen LogP contribution in [0, 0.1) is 13.8 Å². The predicted octanol–water partition coefficient (Wildman–Crippen LogP) is 1.36. The Kier molecular flexibility index (Phi) is 4.38. The van der Waals surface area contributed by atoms with Gasteiger partial charge in [0.15, 0.2) is 0 Å². The second-order valence-corrected chi connectivity index (χ2v) is 6.79. The molecule has 0 saturated carbocycles. The molecule has 0 saturated heterocycles. The Labute approximate surface area is 138 Å². The summed E-state index contributed by atoms with van der Waals surface area (Å²) >= 11 is 1.52. The fourth-order valence-corrected chi connectivity index (χ4v) is 3.75. The highest BCUT2D eigenvalue weighted by Crippen LogP contribution is 2.36. The van der Waals surface area contributed by atoms with Gasteiger partial charge in [0.25, 0.3) is 11.8 Å². The number of aromatic nitrogens is 2. The SMILES string of the molecule is Cc1cc(C)n(CC(=O)NNC(=O)C2Cc3ccccc3S2)n1. The summed E-state index contributed by atoms with van der Waals surface area (Å²) in [5.74, 6) is -0.488. The van der Waals surface area contributed by atoms with E-state index in [1.54, 1.807) is 4.68 Å². The van der Waals surface area contributed by atoms with Crippen molar-refractivity contribution < 1.29 is 9.59 Å². The Morgan fingerprint density at radius 1 is 1.30 bits per heavy atom. The van der Waals surface area contributed by atoms with Crippen molar-refractivity contribution in [1.29, 1.82) is 0 Å². The third-order valence-electron chi connectivity index (χ3n) is 3.66. The lowest BCUT2D eigenvalue weighted by Crippen LogP contribution is -2.46. The first kappa shape index (κ1) is 15.6. The molecule has 1 aromatic carbocycles. The van der Waals surface area contributed by atoms with Gasteiger partial charge in [0.1, 0.15) is 6.54 Å². The van der Waals surface area contributed by atoms with Gasteiger partial charge in [0, 0.05) is 10.6 Å². The van der Waals surface area contributed by atoms with Crippen molar-refractivity contribution in [3.8, 4) is 0 Å². The van der Waals surface area contributed by atoms with Crippen LogP contribution in [0.3, 0.4) is 0 Å². The van der Waals surface area contributed by atoms with Crippen molar-refractivity contribution in [3.63, 3.8) is 0 Å². The maximum atomic E-state index is 12.2. The van der Waals surface area contributed by atoms with Gasteiger partial charge in [-0.25, -0.2) is 0 Å². The molecule has 1 aromatic heterocycles. The van der Waals surface area contributed by atoms with Crippen LogP contribution in [0.1, 0.15) is 17.0 Å². The third kappa shape index (κ3) is 3.56. The van der Waals surface area contributed by atoms with Crippen LogP contribution >= 0.6 is 11.8 Å². The van der Waals surface area contributed by atoms with E-state index in [1.165, 1.54) is 17.3 Å². The molecule has 23 heavy (non-hydrogen) atoms. The number of nitrogens with zero attached hydrogens (tertiary/aromatic N) is 2. The first-order chi connectivity index (χ1) is 11.0. The molecule has 2 amide bonds. The third-order valence-corrected chi connectivity index (χ3v) is 4.98. The lowest BCUT2D eigenvalue weighted by molar-refractivity contribution is -0.129. The summed E-state index contributed by atoms with van der Waals surface area (Å²) in [5, 5.41) is 4.01. The molecule has 1 aliphatic rings. The monoisotopic (exact) mass is 330 g/mol. The predicted molar refractivity (Wildman–Crippen MR) is 87.8 cm³/mol. The number of hydrazine groups is 1. The van der Waals surface area contributed by atoms with E-state index in [0.717, 1.165) is 16.3 Å². The van der Waals surface area contributed by atoms with Crippen LogP contribution in [0.25, 0.3) is 0 Å². The van der Waals surface area contributed by atoms with Crippen LogP contribution in [-0.4, -0.2) is 26.8 Å². The highest BCUT2D eigenvalue weighted by molar-refractivity contribution is 8.01. The first-order valence-corrected chi connectivity index (χ1v) is 8.25. The highest BCUT2D eigenvalue weighted by atomic mass is 32.2. The number of fused-ring (bicyclic) bond motifs is 1. The number of aryl methyl sites for hydroxylation is 2. The van der Waals surface area contributed by atoms with Crippen LogP contribution in [0.2, 0.25) is 0 Å². The van der Waals surface area contributed by atoms with Gasteiger partial charge in [-0.15, -0.1) is 11.8 Å². The molecular weight excluding hydrogens is 312 g/mol. The molecule has 1 unspecified atom stereocenters. The van der Waals surface area contributed by atoms with Crippen molar-refractivity contribution in [1.82, 2.24) is 20.6 Å². The maximum absolute atomic E-state index is 12.2. The first-order valence-electron chi connectivity index (χ1n) is 7.37. The minimum atomic E-state index is -0.301. The van der Waals surface area contributed by atoms with Crippen molar-refractivity contribution in [2.75, 3.05) is 0 Å². The Balaban J connectivity index is 1.50. The smallest absolute Gasteiger partial charge is 0.260 e. The molecule has 2 heterocycles. The molecule has 120 valence electrons. The summed E-state index contributed by atoms with van der Waals surface area (Å²) in [6.45, 7) is 3.84. The van der Waals surface area contributed by atoms with E-state index in [1.807, 2.05) is 44.2 Å². The lowest BCUT2D eigenvalue weighted by Gasteiger charge is -2.11. The molecule has 1 aliphatic heterocycles. The van der Waals surface area contributed by atoms with Gasteiger partial charge in [-0.3, -0.25) is 25.1 Å². The molecule has 2 aromatic rings. The van der Waals surface area contributed by atoms with Crippen molar-refractivity contribution >= 4 is 23.6 Å². The van der Waals surface area contributed by atoms with Gasteiger partial charge in [-0.2, -0.15) is 5.10 Å². The fraction of sp³-hybridized carbons (Fsp3) is 0.312. The molecule has 0 spiro atoms. The van der Waals surface area contributed by atoms with Gasteiger partial charge in [0.2, 0.25) is 0 Å². The Morgan fingerprint density at radius 2 is 2.09 bits per heavy atom. The van der Waals surface area contributed by atoms with Gasteiger partial charge in [-0.1, -0.05) is 18.2 Å². The maximum Gasteiger partial charge on any atom is 0.260 e. The van der Waals surface area contributed by atoms with Crippen LogP contribution in [0.15, 0.2) is 35.2 Å². The van der Waals surface area contributed by atoms with E-state index in [9.17, 15) is 9.59 Å². The minimum absolute atomic E-state index is 0.0813. The van der Waals surface area contributed by atoms with E-state index < -0.39 is 0 Å². The van der Waals surface area contributed by atoms with Gasteiger partial charge < -0.3 is 0 Å². The molecule has 6 nitrogen and oxygen atoms in total. The van der Waals surface area contributed by atoms with Crippen LogP contribution in [-0.2, 0) is 22.6 Å². The van der Waals surface area contributed by atoms with E-state index in [2.05, 4.69) is 16.0 Å². The Bertz CT molecular complexity index is 731. The molecule has 0 radical (unpaired) electrons. The molecule has 2 N–H and O–H groups in total. The van der Waals surface area contributed by atoms with Crippen molar-refractivity contribution in [2.24, 2.45) is 0 Å². The average Bonchev–Trinajstić information content (AvgIpc) is 3.08. The summed E-state index contributed by atoms with van der Waals surface area (Å²) in [5.41, 5.74) is 7.91. The largest absolute Gasteiger partial charge is 0.272 e. The molecule has 0 bridgehead atoms. The molecule has 7 heteroatoms. The molecule has 0 fully saturated rings. The van der Waals surface area contributed by atoms with E-state index in [-0.39, 0.29) is 23.6 Å². The van der Waals surface area contributed by atoms with Crippen LogP contribution in [0.5, 0.6) is 0 Å². The average molecular weight is 330 g/mol. The van der Waals surface area contributed by atoms with Crippen LogP contribution in [0.4, 0.5) is 0 Å². The lowest BCUT2D eigenvalue weighted by atomic mass is 10.1. The quantitative estimate of drug-likeness (QED) is 0.833. The Hall–Kier alpha value is -2.28. The number of thioether (sulfide) groups is 1. The van der Waals surface area contributed by atoms with Crippen molar-refractivity contribution in [2.45, 2.75) is 37.0 Å². The number of benzene rings is 1. The molecule has 0 aliphatic carbocycles. The fourth-order valence-electron chi connectivity index (χ4n) is 2.55. The second kappa shape index (κ2) is 6.45. The zero-order valence-electron chi connectivity index (χ0n) is 13.0. The number of carbonyl (C=O) groups excluding carboxylic acids is 2. The molecule has 1 atom stereocenters. The standard InChI is InChI=1S/C16H18N4O2S/c1-10-7-11(2)20(19-10)9-15(21)17-18-16(22)14-8-12-5-3-4-6-13(12)23-14/h3-7,14H,8-9H2,1-2H3,(H,17,21)(H,18,22). The zero-order valence-corrected chi connectivity index (χ0v) is 13.8. The number of carbonyl (C=O) groups is 2. The van der Waals surface area contributed by atoms with Gasteiger partial charge >= 0.3 is 0 Å². The summed E-state index contributed by atoms with van der Waals surface area (Å²) in [6.07, 6.45) is 0.681. The second-order valence-electron chi connectivity index (χ2n) is 5.54. The van der Waals surface area contributed by atoms with E-state index in [0.29, 0.717) is 6.42 Å². The summed E-state index contributed by atoms with van der Waals surface area (Å²) in [6, 6.07) is 9.86. The molecule has 3 rings (SSSR count). The normalized spacial score (nSPS) is 16.0. The Morgan fingerprint density at radius 3 is 2.78 bits per heavy atom. The summed E-state index contributed by atoms with van der Waals surface area (Å²) in [7, 11) is 0. The topological polar surface area (TPSA) is 76.0 Å². The van der Waals surface area contributed by atoms with Crippen LogP contribution < -0.4 is 10.9 Å². The minimum Gasteiger partial charge on any atom is -0.272 e. The summed E-state index contributed by atoms with van der Waals surface area (Å²) < 4.78 is 1.61. The van der Waals surface area contributed by atoms with E-state index in [4.69, 9.17) is 0 Å². The number of hydrogen-bond acceptors (Lipinski definition) is 4. The number of hydrogen-bond donors (Lipinski definition) is 2. The number of amides is 2. The summed E-state index contributed by atoms with van der Waals surface area (Å²) in [4.78, 5) is 25.2.